The lowest BCUT2D eigenvalue weighted by Crippen LogP contribution is -2.06. The minimum atomic E-state index is -0.993. The number of rotatable bonds is 5. The summed E-state index contributed by atoms with van der Waals surface area (Å²) in [6.07, 6.45) is 1.57. The molecule has 1 atom stereocenters. The second kappa shape index (κ2) is 6.22. The van der Waals surface area contributed by atoms with E-state index < -0.39 is 5.97 Å². The monoisotopic (exact) mass is 305 g/mol. The number of carboxylic acid groups (broad SMARTS) is 1. The first-order chi connectivity index (χ1) is 7.54. The molecule has 4 nitrogen and oxygen atoms in total. The summed E-state index contributed by atoms with van der Waals surface area (Å²) >= 11 is 4.53. The van der Waals surface area contributed by atoms with E-state index in [0.29, 0.717) is 15.3 Å². The third-order valence-corrected chi connectivity index (χ3v) is 3.63. The van der Waals surface area contributed by atoms with Crippen LogP contribution in [0.4, 0.5) is 0 Å². The summed E-state index contributed by atoms with van der Waals surface area (Å²) in [6.45, 7) is 1.98. The van der Waals surface area contributed by atoms with E-state index in [0.717, 1.165) is 0 Å². The molecule has 16 heavy (non-hydrogen) atoms. The third kappa shape index (κ3) is 3.77. The summed E-state index contributed by atoms with van der Waals surface area (Å²) in [5.41, 5.74) is 0.185. The van der Waals surface area contributed by atoms with Gasteiger partial charge in [0.2, 0.25) is 0 Å². The van der Waals surface area contributed by atoms with Crippen molar-refractivity contribution in [3.05, 3.63) is 22.3 Å². The van der Waals surface area contributed by atoms with Crippen molar-refractivity contribution in [1.82, 2.24) is 4.98 Å². The van der Waals surface area contributed by atoms with Crippen molar-refractivity contribution in [2.45, 2.75) is 11.9 Å². The average Bonchev–Trinajstić information content (AvgIpc) is 2.26. The van der Waals surface area contributed by atoms with Crippen molar-refractivity contribution in [3.8, 4) is 0 Å². The summed E-state index contributed by atoms with van der Waals surface area (Å²) in [6, 6.07) is 1.53. The highest BCUT2D eigenvalue weighted by Gasteiger charge is 2.13. The molecule has 0 spiro atoms. The van der Waals surface area contributed by atoms with Crippen molar-refractivity contribution in [2.75, 3.05) is 12.4 Å². The smallest absolute Gasteiger partial charge is 0.338 e. The predicted molar refractivity (Wildman–Crippen MR) is 65.9 cm³/mol. The number of aliphatic hydroxyl groups excluding tert-OH is 1. The molecule has 6 heteroatoms. The van der Waals surface area contributed by atoms with Gasteiger partial charge in [-0.2, -0.15) is 0 Å². The lowest BCUT2D eigenvalue weighted by atomic mass is 10.2. The number of hydrogen-bond donors (Lipinski definition) is 2. The number of nitrogens with zero attached hydrogens (tertiary/aromatic N) is 1. The van der Waals surface area contributed by atoms with Crippen molar-refractivity contribution >= 4 is 33.7 Å². The summed E-state index contributed by atoms with van der Waals surface area (Å²) in [5.74, 6) is -0.226. The lowest BCUT2D eigenvalue weighted by molar-refractivity contribution is 0.0692. The average molecular weight is 306 g/mol. The molecule has 0 aliphatic heterocycles. The van der Waals surface area contributed by atoms with Gasteiger partial charge in [-0.25, -0.2) is 9.78 Å². The Hall–Kier alpha value is -0.590. The van der Waals surface area contributed by atoms with Crippen LogP contribution >= 0.6 is 27.7 Å². The zero-order chi connectivity index (χ0) is 12.1. The quantitative estimate of drug-likeness (QED) is 0.817. The number of hydrogen-bond acceptors (Lipinski definition) is 4. The van der Waals surface area contributed by atoms with Crippen LogP contribution in [0, 0.1) is 5.92 Å². The van der Waals surface area contributed by atoms with Crippen molar-refractivity contribution in [3.63, 3.8) is 0 Å². The number of aromatic nitrogens is 1. The van der Waals surface area contributed by atoms with Crippen LogP contribution in [0.1, 0.15) is 17.3 Å². The van der Waals surface area contributed by atoms with Crippen LogP contribution < -0.4 is 0 Å². The second-order valence-electron chi connectivity index (χ2n) is 3.41. The largest absolute Gasteiger partial charge is 0.478 e. The Morgan fingerprint density at radius 3 is 2.94 bits per heavy atom. The van der Waals surface area contributed by atoms with E-state index in [1.54, 1.807) is 6.20 Å². The first kappa shape index (κ1) is 13.5. The van der Waals surface area contributed by atoms with Crippen LogP contribution in [-0.2, 0) is 0 Å². The molecule has 0 saturated heterocycles. The molecule has 2 N–H and O–H groups in total. The highest BCUT2D eigenvalue weighted by atomic mass is 79.9. The second-order valence-corrected chi connectivity index (χ2v) is 5.33. The minimum absolute atomic E-state index is 0.0892. The highest BCUT2D eigenvalue weighted by Crippen LogP contribution is 2.24. The van der Waals surface area contributed by atoms with E-state index in [-0.39, 0.29) is 18.1 Å². The van der Waals surface area contributed by atoms with Crippen molar-refractivity contribution in [2.24, 2.45) is 5.92 Å². The Morgan fingerprint density at radius 1 is 1.69 bits per heavy atom. The van der Waals surface area contributed by atoms with Gasteiger partial charge < -0.3 is 10.2 Å². The van der Waals surface area contributed by atoms with E-state index >= 15 is 0 Å². The van der Waals surface area contributed by atoms with Gasteiger partial charge in [-0.3, -0.25) is 0 Å². The maximum atomic E-state index is 11.0. The van der Waals surface area contributed by atoms with Gasteiger partial charge in [0.15, 0.2) is 0 Å². The van der Waals surface area contributed by atoms with Crippen molar-refractivity contribution in [1.29, 1.82) is 0 Å². The Balaban J connectivity index is 2.82. The summed E-state index contributed by atoms with van der Waals surface area (Å²) < 4.78 is 0.643. The topological polar surface area (TPSA) is 70.4 Å². The van der Waals surface area contributed by atoms with E-state index in [4.69, 9.17) is 10.2 Å². The molecule has 0 aromatic carbocycles. The number of pyridine rings is 1. The van der Waals surface area contributed by atoms with Gasteiger partial charge in [-0.1, -0.05) is 6.92 Å². The Labute approximate surface area is 106 Å². The van der Waals surface area contributed by atoms with E-state index in [2.05, 4.69) is 20.9 Å². The molecule has 0 saturated carbocycles. The fourth-order valence-electron chi connectivity index (χ4n) is 0.969. The standard InChI is InChI=1S/C10H12BrNO3S/c1-6(4-13)5-16-9-8(10(14)15)2-7(11)3-12-9/h2-3,6,13H,4-5H2,1H3,(H,14,15). The van der Waals surface area contributed by atoms with Crippen LogP contribution in [0.15, 0.2) is 21.8 Å². The molecule has 0 radical (unpaired) electrons. The fraction of sp³-hybridized carbons (Fsp3) is 0.400. The Bertz CT molecular complexity index is 386. The molecule has 0 amide bonds. The lowest BCUT2D eigenvalue weighted by Gasteiger charge is -2.08. The van der Waals surface area contributed by atoms with Gasteiger partial charge in [0.25, 0.3) is 0 Å². The van der Waals surface area contributed by atoms with E-state index in [1.165, 1.54) is 17.8 Å². The fourth-order valence-corrected chi connectivity index (χ4v) is 2.28. The van der Waals surface area contributed by atoms with E-state index in [9.17, 15) is 4.79 Å². The summed E-state index contributed by atoms with van der Waals surface area (Å²) in [4.78, 5) is 15.0. The third-order valence-electron chi connectivity index (χ3n) is 1.86. The van der Waals surface area contributed by atoms with Gasteiger partial charge in [0.05, 0.1) is 5.56 Å². The number of aromatic carboxylic acids is 1. The molecule has 0 fully saturated rings. The number of aliphatic hydroxyl groups is 1. The van der Waals surface area contributed by atoms with Crippen molar-refractivity contribution < 1.29 is 15.0 Å². The minimum Gasteiger partial charge on any atom is -0.478 e. The molecule has 1 rings (SSSR count). The molecule has 1 aromatic rings. The van der Waals surface area contributed by atoms with Crippen LogP contribution in [0.5, 0.6) is 0 Å². The van der Waals surface area contributed by atoms with Crippen LogP contribution in [0.25, 0.3) is 0 Å². The molecular formula is C10H12BrNO3S. The highest BCUT2D eigenvalue weighted by molar-refractivity contribution is 9.10. The molecule has 0 aliphatic carbocycles. The van der Waals surface area contributed by atoms with Gasteiger partial charge in [0, 0.05) is 23.0 Å². The molecule has 1 heterocycles. The SMILES string of the molecule is CC(CO)CSc1ncc(Br)cc1C(=O)O. The van der Waals surface area contributed by atoms with Gasteiger partial charge in [-0.15, -0.1) is 11.8 Å². The molecule has 1 unspecified atom stereocenters. The normalized spacial score (nSPS) is 12.4. The van der Waals surface area contributed by atoms with Gasteiger partial charge >= 0.3 is 5.97 Å². The zero-order valence-corrected chi connectivity index (χ0v) is 11.1. The van der Waals surface area contributed by atoms with Crippen LogP contribution in [0.3, 0.4) is 0 Å². The number of carboxylic acids is 1. The predicted octanol–water partition coefficient (Wildman–Crippen LogP) is 2.26. The number of carbonyl (C=O) groups is 1. The Morgan fingerprint density at radius 2 is 2.38 bits per heavy atom. The first-order valence-electron chi connectivity index (χ1n) is 4.67. The molecule has 0 bridgehead atoms. The van der Waals surface area contributed by atoms with Gasteiger partial charge in [0.1, 0.15) is 5.03 Å². The molecular weight excluding hydrogens is 294 g/mol. The zero-order valence-electron chi connectivity index (χ0n) is 8.68. The molecule has 0 aliphatic rings. The van der Waals surface area contributed by atoms with Crippen LogP contribution in [0.2, 0.25) is 0 Å². The Kier molecular flexibility index (Phi) is 5.24. The van der Waals surface area contributed by atoms with E-state index in [1.807, 2.05) is 6.92 Å². The van der Waals surface area contributed by atoms with Crippen LogP contribution in [-0.4, -0.2) is 33.5 Å². The maximum absolute atomic E-state index is 11.0. The number of thioether (sulfide) groups is 1. The molecule has 1 aromatic heterocycles. The molecule has 88 valence electrons. The maximum Gasteiger partial charge on any atom is 0.338 e. The van der Waals surface area contributed by atoms with Gasteiger partial charge in [-0.05, 0) is 27.9 Å². The summed E-state index contributed by atoms with van der Waals surface area (Å²) in [5, 5.41) is 18.3. The first-order valence-corrected chi connectivity index (χ1v) is 6.45. The summed E-state index contributed by atoms with van der Waals surface area (Å²) in [7, 11) is 0. The number of halogens is 1.